The van der Waals surface area contributed by atoms with Crippen molar-refractivity contribution < 1.29 is 4.79 Å². The van der Waals surface area contributed by atoms with Crippen LogP contribution in [-0.4, -0.2) is 33.9 Å². The van der Waals surface area contributed by atoms with Gasteiger partial charge in [0, 0.05) is 24.5 Å². The minimum atomic E-state index is -0.0656. The monoisotopic (exact) mass is 312 g/mol. The van der Waals surface area contributed by atoms with Gasteiger partial charge in [-0.25, -0.2) is 9.97 Å². The number of amides is 1. The predicted molar refractivity (Wildman–Crippen MR) is 93.2 cm³/mol. The zero-order valence-electron chi connectivity index (χ0n) is 14.5. The summed E-state index contributed by atoms with van der Waals surface area (Å²) >= 11 is 0. The first-order valence-electron chi connectivity index (χ1n) is 7.93. The molecule has 1 heterocycles. The van der Waals surface area contributed by atoms with Crippen LogP contribution in [0.25, 0.3) is 0 Å². The molecule has 1 N–H and O–H groups in total. The average molecular weight is 312 g/mol. The maximum absolute atomic E-state index is 12.5. The van der Waals surface area contributed by atoms with Crippen molar-refractivity contribution in [2.75, 3.05) is 18.4 Å². The van der Waals surface area contributed by atoms with Crippen LogP contribution in [0.4, 0.5) is 11.6 Å². The smallest absolute Gasteiger partial charge is 0.272 e. The van der Waals surface area contributed by atoms with E-state index in [1.165, 1.54) is 5.56 Å². The maximum Gasteiger partial charge on any atom is 0.272 e. The van der Waals surface area contributed by atoms with E-state index in [0.717, 1.165) is 16.9 Å². The molecule has 5 heteroatoms. The van der Waals surface area contributed by atoms with Crippen LogP contribution in [0, 0.1) is 20.8 Å². The molecular weight excluding hydrogens is 288 g/mol. The lowest BCUT2D eigenvalue weighted by molar-refractivity contribution is 0.0767. The average Bonchev–Trinajstić information content (AvgIpc) is 2.50. The van der Waals surface area contributed by atoms with E-state index in [9.17, 15) is 4.79 Å². The third-order valence-corrected chi connectivity index (χ3v) is 3.75. The van der Waals surface area contributed by atoms with E-state index in [4.69, 9.17) is 0 Å². The molecule has 0 atom stereocenters. The number of hydrogen-bond donors (Lipinski definition) is 1. The fourth-order valence-electron chi connectivity index (χ4n) is 2.48. The summed E-state index contributed by atoms with van der Waals surface area (Å²) in [5, 5.41) is 3.22. The molecule has 0 aliphatic heterocycles. The normalized spacial score (nSPS) is 10.5. The summed E-state index contributed by atoms with van der Waals surface area (Å²) in [5.41, 5.74) is 4.46. The van der Waals surface area contributed by atoms with Gasteiger partial charge in [0.25, 0.3) is 5.91 Å². The van der Waals surface area contributed by atoms with Crippen LogP contribution in [0.5, 0.6) is 0 Å². The molecular formula is C18H24N4O. The highest BCUT2D eigenvalue weighted by atomic mass is 16.2. The van der Waals surface area contributed by atoms with Crippen molar-refractivity contribution in [3.05, 3.63) is 46.8 Å². The molecule has 0 fully saturated rings. The Bertz CT molecular complexity index is 708. The molecule has 0 spiro atoms. The van der Waals surface area contributed by atoms with Gasteiger partial charge >= 0.3 is 0 Å². The van der Waals surface area contributed by atoms with E-state index in [-0.39, 0.29) is 5.91 Å². The highest BCUT2D eigenvalue weighted by Crippen LogP contribution is 2.20. The van der Waals surface area contributed by atoms with Crippen molar-refractivity contribution in [3.63, 3.8) is 0 Å². The largest absolute Gasteiger partial charge is 0.338 e. The minimum absolute atomic E-state index is 0.0656. The Kier molecular flexibility index (Phi) is 5.32. The number of rotatable bonds is 5. The van der Waals surface area contributed by atoms with Gasteiger partial charge in [-0.2, -0.15) is 0 Å². The number of nitrogens with zero attached hydrogens (tertiary/aromatic N) is 3. The summed E-state index contributed by atoms with van der Waals surface area (Å²) in [6, 6.07) is 7.86. The van der Waals surface area contributed by atoms with Gasteiger partial charge in [-0.15, -0.1) is 0 Å². The third-order valence-electron chi connectivity index (χ3n) is 3.75. The number of hydrogen-bond acceptors (Lipinski definition) is 4. The second-order valence-corrected chi connectivity index (χ2v) is 5.64. The zero-order valence-corrected chi connectivity index (χ0v) is 14.5. The molecule has 1 aromatic heterocycles. The van der Waals surface area contributed by atoms with E-state index in [2.05, 4.69) is 28.3 Å². The first-order valence-corrected chi connectivity index (χ1v) is 7.93. The van der Waals surface area contributed by atoms with Crippen LogP contribution < -0.4 is 5.32 Å². The van der Waals surface area contributed by atoms with Gasteiger partial charge in [-0.3, -0.25) is 4.79 Å². The van der Waals surface area contributed by atoms with E-state index < -0.39 is 0 Å². The second-order valence-electron chi connectivity index (χ2n) is 5.64. The van der Waals surface area contributed by atoms with E-state index in [0.29, 0.717) is 24.7 Å². The molecule has 0 saturated heterocycles. The van der Waals surface area contributed by atoms with Crippen molar-refractivity contribution in [2.24, 2.45) is 0 Å². The Labute approximate surface area is 137 Å². The lowest BCUT2D eigenvalue weighted by atomic mass is 10.1. The number of carbonyl (C=O) groups is 1. The molecule has 0 unspecified atom stereocenters. The molecule has 1 amide bonds. The second kappa shape index (κ2) is 7.22. The number of nitrogens with one attached hydrogen (secondary N) is 1. The van der Waals surface area contributed by atoms with Crippen LogP contribution >= 0.6 is 0 Å². The summed E-state index contributed by atoms with van der Waals surface area (Å²) < 4.78 is 0. The topological polar surface area (TPSA) is 58.1 Å². The summed E-state index contributed by atoms with van der Waals surface area (Å²) in [4.78, 5) is 23.0. The van der Waals surface area contributed by atoms with Gasteiger partial charge in [-0.1, -0.05) is 17.7 Å². The molecule has 2 aromatic rings. The number of aromatic nitrogens is 2. The van der Waals surface area contributed by atoms with Gasteiger partial charge in [0.2, 0.25) is 5.95 Å². The molecule has 23 heavy (non-hydrogen) atoms. The first kappa shape index (κ1) is 16.9. The zero-order chi connectivity index (χ0) is 17.0. The number of anilines is 2. The summed E-state index contributed by atoms with van der Waals surface area (Å²) in [5.74, 6) is 0.386. The van der Waals surface area contributed by atoms with Crippen LogP contribution in [0.1, 0.15) is 41.2 Å². The molecule has 0 saturated carbocycles. The van der Waals surface area contributed by atoms with E-state index in [1.807, 2.05) is 39.8 Å². The quantitative estimate of drug-likeness (QED) is 0.916. The molecule has 1 aromatic carbocycles. The predicted octanol–water partition coefficient (Wildman–Crippen LogP) is 3.63. The Morgan fingerprint density at radius 1 is 1.09 bits per heavy atom. The van der Waals surface area contributed by atoms with Crippen LogP contribution in [-0.2, 0) is 0 Å². The van der Waals surface area contributed by atoms with Gasteiger partial charge in [-0.05, 0) is 52.3 Å². The Hall–Kier alpha value is -2.43. The fraction of sp³-hybridized carbons (Fsp3) is 0.389. The van der Waals surface area contributed by atoms with E-state index in [1.54, 1.807) is 11.0 Å². The number of carbonyl (C=O) groups excluding carboxylic acids is 1. The fourth-order valence-corrected chi connectivity index (χ4v) is 2.48. The molecule has 5 nitrogen and oxygen atoms in total. The van der Waals surface area contributed by atoms with Crippen molar-refractivity contribution in [2.45, 2.75) is 34.6 Å². The lowest BCUT2D eigenvalue weighted by Gasteiger charge is -2.18. The molecule has 0 radical (unpaired) electrons. The van der Waals surface area contributed by atoms with Crippen LogP contribution in [0.2, 0.25) is 0 Å². The number of aryl methyl sites for hydroxylation is 3. The van der Waals surface area contributed by atoms with Crippen molar-refractivity contribution >= 4 is 17.5 Å². The lowest BCUT2D eigenvalue weighted by Crippen LogP contribution is -2.31. The van der Waals surface area contributed by atoms with E-state index >= 15 is 0 Å². The summed E-state index contributed by atoms with van der Waals surface area (Å²) in [6.07, 6.45) is 0. The Morgan fingerprint density at radius 3 is 2.39 bits per heavy atom. The molecule has 0 aliphatic carbocycles. The highest BCUT2D eigenvalue weighted by Gasteiger charge is 2.16. The van der Waals surface area contributed by atoms with Crippen molar-refractivity contribution in [1.82, 2.24) is 14.9 Å². The van der Waals surface area contributed by atoms with Gasteiger partial charge in [0.1, 0.15) is 5.69 Å². The number of benzene rings is 1. The maximum atomic E-state index is 12.5. The standard InChI is InChI=1S/C18H24N4O/c1-6-22(7-2)17(23)16-11-14(5)19-18(21-16)20-15-9-8-12(3)10-13(15)4/h8-11H,6-7H2,1-5H3,(H,19,20,21). The van der Waals surface area contributed by atoms with Gasteiger partial charge in [0.05, 0.1) is 0 Å². The SMILES string of the molecule is CCN(CC)C(=O)c1cc(C)nc(Nc2ccc(C)cc2C)n1. The van der Waals surface area contributed by atoms with Crippen molar-refractivity contribution in [3.8, 4) is 0 Å². The molecule has 0 aliphatic rings. The summed E-state index contributed by atoms with van der Waals surface area (Å²) in [7, 11) is 0. The molecule has 122 valence electrons. The van der Waals surface area contributed by atoms with Gasteiger partial charge in [0.15, 0.2) is 0 Å². The van der Waals surface area contributed by atoms with Gasteiger partial charge < -0.3 is 10.2 Å². The highest BCUT2D eigenvalue weighted by molar-refractivity contribution is 5.92. The third kappa shape index (κ3) is 4.06. The molecule has 2 rings (SSSR count). The van der Waals surface area contributed by atoms with Crippen LogP contribution in [0.15, 0.2) is 24.3 Å². The Balaban J connectivity index is 2.32. The van der Waals surface area contributed by atoms with Crippen molar-refractivity contribution in [1.29, 1.82) is 0 Å². The first-order chi connectivity index (χ1) is 10.9. The summed E-state index contributed by atoms with van der Waals surface area (Å²) in [6.45, 7) is 11.2. The minimum Gasteiger partial charge on any atom is -0.338 e. The molecule has 0 bridgehead atoms. The Morgan fingerprint density at radius 2 is 1.78 bits per heavy atom. The van der Waals surface area contributed by atoms with Crippen LogP contribution in [0.3, 0.4) is 0 Å².